The van der Waals surface area contributed by atoms with Crippen molar-refractivity contribution in [3.8, 4) is 0 Å². The molecule has 0 aliphatic carbocycles. The summed E-state index contributed by atoms with van der Waals surface area (Å²) in [5.74, 6) is 0. The lowest BCUT2D eigenvalue weighted by molar-refractivity contribution is -0.137. The van der Waals surface area contributed by atoms with Crippen molar-refractivity contribution in [1.82, 2.24) is 5.32 Å². The summed E-state index contributed by atoms with van der Waals surface area (Å²) in [5, 5.41) is 3.54. The van der Waals surface area contributed by atoms with Crippen LogP contribution in [0.25, 0.3) is 0 Å². The van der Waals surface area contributed by atoms with Crippen LogP contribution in [0.1, 0.15) is 57.1 Å². The fourth-order valence-electron chi connectivity index (χ4n) is 2.46. The van der Waals surface area contributed by atoms with Crippen molar-refractivity contribution in [3.63, 3.8) is 0 Å². The molecule has 0 spiro atoms. The molecule has 1 atom stereocenters. The predicted octanol–water partition coefficient (Wildman–Crippen LogP) is 5.20. The predicted molar refractivity (Wildman–Crippen MR) is 81.4 cm³/mol. The van der Waals surface area contributed by atoms with E-state index in [-0.39, 0.29) is 0 Å². The number of benzene rings is 1. The summed E-state index contributed by atoms with van der Waals surface area (Å²) >= 11 is 0. The number of halogens is 3. The molecule has 0 fully saturated rings. The molecule has 1 N–H and O–H groups in total. The maximum Gasteiger partial charge on any atom is 0.416 e. The summed E-state index contributed by atoms with van der Waals surface area (Å²) in [6.45, 7) is 5.36. The van der Waals surface area contributed by atoms with Crippen LogP contribution in [-0.2, 0) is 12.6 Å². The Morgan fingerprint density at radius 2 is 1.67 bits per heavy atom. The number of hydrogen-bond donors (Lipinski definition) is 1. The highest BCUT2D eigenvalue weighted by molar-refractivity contribution is 5.24. The summed E-state index contributed by atoms with van der Waals surface area (Å²) in [6, 6.07) is 6.07. The zero-order valence-corrected chi connectivity index (χ0v) is 13.0. The van der Waals surface area contributed by atoms with Gasteiger partial charge in [-0.2, -0.15) is 13.2 Å². The lowest BCUT2D eigenvalue weighted by Crippen LogP contribution is -2.29. The molecule has 1 nitrogen and oxygen atoms in total. The number of rotatable bonds is 9. The van der Waals surface area contributed by atoms with Crippen LogP contribution < -0.4 is 5.32 Å². The molecule has 1 aromatic rings. The Morgan fingerprint density at radius 1 is 1.00 bits per heavy atom. The van der Waals surface area contributed by atoms with E-state index in [1.165, 1.54) is 12.1 Å². The summed E-state index contributed by atoms with van der Waals surface area (Å²) in [6.07, 6.45) is 2.12. The van der Waals surface area contributed by atoms with Crippen molar-refractivity contribution in [2.24, 2.45) is 0 Å². The first-order valence-corrected chi connectivity index (χ1v) is 7.86. The maximum atomic E-state index is 12.5. The molecule has 0 aliphatic rings. The van der Waals surface area contributed by atoms with Crippen molar-refractivity contribution in [1.29, 1.82) is 0 Å². The van der Waals surface area contributed by atoms with Gasteiger partial charge in [-0.1, -0.05) is 32.4 Å². The van der Waals surface area contributed by atoms with Gasteiger partial charge in [-0.3, -0.25) is 0 Å². The van der Waals surface area contributed by atoms with Crippen LogP contribution in [0.3, 0.4) is 0 Å². The molecule has 21 heavy (non-hydrogen) atoms. The molecule has 1 unspecified atom stereocenters. The van der Waals surface area contributed by atoms with Gasteiger partial charge < -0.3 is 5.32 Å². The molecule has 0 heterocycles. The topological polar surface area (TPSA) is 12.0 Å². The molecule has 120 valence electrons. The molecule has 0 radical (unpaired) electrons. The molecule has 0 aromatic heterocycles. The van der Waals surface area contributed by atoms with Gasteiger partial charge in [-0.05, 0) is 56.3 Å². The molecule has 4 heteroatoms. The number of nitrogens with one attached hydrogen (secondary N) is 1. The van der Waals surface area contributed by atoms with Crippen LogP contribution >= 0.6 is 0 Å². The highest BCUT2D eigenvalue weighted by Crippen LogP contribution is 2.29. The van der Waals surface area contributed by atoms with Gasteiger partial charge in [0.1, 0.15) is 0 Å². The third-order valence-electron chi connectivity index (χ3n) is 3.62. The Balaban J connectivity index is 2.40. The van der Waals surface area contributed by atoms with Crippen molar-refractivity contribution in [2.75, 3.05) is 6.54 Å². The Labute approximate surface area is 125 Å². The maximum absolute atomic E-state index is 12.5. The van der Waals surface area contributed by atoms with E-state index in [1.54, 1.807) is 12.1 Å². The van der Waals surface area contributed by atoms with Gasteiger partial charge in [0, 0.05) is 6.04 Å². The van der Waals surface area contributed by atoms with Crippen LogP contribution in [0.15, 0.2) is 24.3 Å². The van der Waals surface area contributed by atoms with Crippen molar-refractivity contribution >= 4 is 0 Å². The minimum Gasteiger partial charge on any atom is -0.314 e. The molecular weight excluding hydrogens is 275 g/mol. The van der Waals surface area contributed by atoms with E-state index < -0.39 is 11.7 Å². The van der Waals surface area contributed by atoms with Crippen LogP contribution in [0.5, 0.6) is 0 Å². The normalized spacial score (nSPS) is 13.4. The van der Waals surface area contributed by atoms with E-state index in [2.05, 4.69) is 19.2 Å². The first-order valence-electron chi connectivity index (χ1n) is 7.86. The van der Waals surface area contributed by atoms with Crippen LogP contribution in [0, 0.1) is 0 Å². The molecule has 0 bridgehead atoms. The van der Waals surface area contributed by atoms with E-state index in [0.717, 1.165) is 50.6 Å². The van der Waals surface area contributed by atoms with E-state index >= 15 is 0 Å². The number of aryl methyl sites for hydroxylation is 1. The number of hydrogen-bond acceptors (Lipinski definition) is 1. The zero-order valence-electron chi connectivity index (χ0n) is 13.0. The van der Waals surface area contributed by atoms with Gasteiger partial charge in [0.25, 0.3) is 0 Å². The molecule has 1 aromatic carbocycles. The third kappa shape index (κ3) is 6.98. The smallest absolute Gasteiger partial charge is 0.314 e. The SMILES string of the molecule is CCCNC(CCC)CCCc1ccc(C(F)(F)F)cc1. The first kappa shape index (κ1) is 18.0. The molecule has 1 rings (SSSR count). The average Bonchev–Trinajstić information content (AvgIpc) is 2.44. The van der Waals surface area contributed by atoms with Crippen molar-refractivity contribution in [2.45, 2.75) is 64.6 Å². The van der Waals surface area contributed by atoms with E-state index in [1.807, 2.05) is 0 Å². The minimum absolute atomic E-state index is 0.532. The average molecular weight is 301 g/mol. The summed E-state index contributed by atoms with van der Waals surface area (Å²) in [4.78, 5) is 0. The third-order valence-corrected chi connectivity index (χ3v) is 3.62. The van der Waals surface area contributed by atoms with Gasteiger partial charge >= 0.3 is 6.18 Å². The van der Waals surface area contributed by atoms with E-state index in [4.69, 9.17) is 0 Å². The van der Waals surface area contributed by atoms with E-state index in [0.29, 0.717) is 6.04 Å². The Morgan fingerprint density at radius 3 is 2.19 bits per heavy atom. The molecule has 0 aliphatic heterocycles. The van der Waals surface area contributed by atoms with Crippen LogP contribution in [-0.4, -0.2) is 12.6 Å². The summed E-state index contributed by atoms with van der Waals surface area (Å²) < 4.78 is 37.4. The fourth-order valence-corrected chi connectivity index (χ4v) is 2.46. The van der Waals surface area contributed by atoms with Crippen LogP contribution in [0.4, 0.5) is 13.2 Å². The van der Waals surface area contributed by atoms with Crippen LogP contribution in [0.2, 0.25) is 0 Å². The number of alkyl halides is 3. The zero-order chi connectivity index (χ0) is 15.7. The van der Waals surface area contributed by atoms with E-state index in [9.17, 15) is 13.2 Å². The Hall–Kier alpha value is -1.03. The Bertz CT molecular complexity index is 384. The lowest BCUT2D eigenvalue weighted by atomic mass is 10.0. The van der Waals surface area contributed by atoms with Gasteiger partial charge in [0.2, 0.25) is 0 Å². The summed E-state index contributed by atoms with van der Waals surface area (Å²) in [5.41, 5.74) is 0.411. The van der Waals surface area contributed by atoms with Gasteiger partial charge in [0.05, 0.1) is 5.56 Å². The first-order chi connectivity index (χ1) is 9.97. The fraction of sp³-hybridized carbons (Fsp3) is 0.647. The minimum atomic E-state index is -4.24. The monoisotopic (exact) mass is 301 g/mol. The largest absolute Gasteiger partial charge is 0.416 e. The van der Waals surface area contributed by atoms with Gasteiger partial charge in [-0.15, -0.1) is 0 Å². The summed E-state index contributed by atoms with van der Waals surface area (Å²) in [7, 11) is 0. The lowest BCUT2D eigenvalue weighted by Gasteiger charge is -2.17. The molecule has 0 saturated carbocycles. The highest BCUT2D eigenvalue weighted by Gasteiger charge is 2.29. The van der Waals surface area contributed by atoms with Gasteiger partial charge in [0.15, 0.2) is 0 Å². The molecule has 0 amide bonds. The van der Waals surface area contributed by atoms with Crippen molar-refractivity contribution < 1.29 is 13.2 Å². The second kappa shape index (κ2) is 9.08. The highest BCUT2D eigenvalue weighted by atomic mass is 19.4. The molecular formula is C17H26F3N. The van der Waals surface area contributed by atoms with Gasteiger partial charge in [-0.25, -0.2) is 0 Å². The Kier molecular flexibility index (Phi) is 7.79. The quantitative estimate of drug-likeness (QED) is 0.661. The van der Waals surface area contributed by atoms with Crippen molar-refractivity contribution in [3.05, 3.63) is 35.4 Å². The standard InChI is InChI=1S/C17H26F3N/c1-3-6-16(21-13-4-2)8-5-7-14-9-11-15(12-10-14)17(18,19)20/h9-12,16,21H,3-8,13H2,1-2H3. The second-order valence-electron chi connectivity index (χ2n) is 5.53. The molecule has 0 saturated heterocycles. The second-order valence-corrected chi connectivity index (χ2v) is 5.53.